The van der Waals surface area contributed by atoms with E-state index in [4.69, 9.17) is 5.73 Å². The van der Waals surface area contributed by atoms with Crippen molar-refractivity contribution in [3.8, 4) is 0 Å². The van der Waals surface area contributed by atoms with Gasteiger partial charge in [-0.15, -0.1) is 12.4 Å². The highest BCUT2D eigenvalue weighted by atomic mass is 35.5. The summed E-state index contributed by atoms with van der Waals surface area (Å²) in [6.45, 7) is 6.16. The maximum absolute atomic E-state index is 6.02. The molecular weight excluding hydrogens is 220 g/mol. The first-order valence-corrected chi connectivity index (χ1v) is 6.72. The van der Waals surface area contributed by atoms with Crippen LogP contribution in [-0.4, -0.2) is 30.6 Å². The van der Waals surface area contributed by atoms with Crippen LogP contribution in [0.1, 0.15) is 45.4 Å². The van der Waals surface area contributed by atoms with Crippen LogP contribution in [0.5, 0.6) is 0 Å². The van der Waals surface area contributed by atoms with Crippen LogP contribution >= 0.6 is 12.4 Å². The van der Waals surface area contributed by atoms with Crippen molar-refractivity contribution in [3.05, 3.63) is 0 Å². The molecule has 1 saturated carbocycles. The molecule has 0 aromatic rings. The summed E-state index contributed by atoms with van der Waals surface area (Å²) in [6, 6.07) is 0.444. The van der Waals surface area contributed by atoms with E-state index in [-0.39, 0.29) is 12.4 Å². The van der Waals surface area contributed by atoms with Crippen molar-refractivity contribution in [3.63, 3.8) is 0 Å². The van der Waals surface area contributed by atoms with Crippen LogP contribution in [0.2, 0.25) is 0 Å². The van der Waals surface area contributed by atoms with E-state index in [0.29, 0.717) is 6.04 Å². The summed E-state index contributed by atoms with van der Waals surface area (Å²) in [4.78, 5) is 2.61. The smallest absolute Gasteiger partial charge is 0.0168 e. The SMILES string of the molecule is CC1CCCC(CN2CCCC(N)C2)C1.Cl. The zero-order valence-electron chi connectivity index (χ0n) is 10.5. The molecule has 0 spiro atoms. The predicted molar refractivity (Wildman–Crippen MR) is 72.0 cm³/mol. The number of piperidine rings is 1. The summed E-state index contributed by atoms with van der Waals surface area (Å²) in [5.74, 6) is 1.92. The fraction of sp³-hybridized carbons (Fsp3) is 1.00. The fourth-order valence-corrected chi connectivity index (χ4v) is 3.35. The Balaban J connectivity index is 0.00000128. The van der Waals surface area contributed by atoms with Gasteiger partial charge in [0, 0.05) is 19.1 Å². The van der Waals surface area contributed by atoms with E-state index in [2.05, 4.69) is 11.8 Å². The monoisotopic (exact) mass is 246 g/mol. The van der Waals surface area contributed by atoms with Crippen molar-refractivity contribution in [1.82, 2.24) is 4.90 Å². The van der Waals surface area contributed by atoms with E-state index in [9.17, 15) is 0 Å². The lowest BCUT2D eigenvalue weighted by molar-refractivity contribution is 0.148. The van der Waals surface area contributed by atoms with Crippen molar-refractivity contribution in [2.24, 2.45) is 17.6 Å². The van der Waals surface area contributed by atoms with Gasteiger partial charge in [-0.3, -0.25) is 0 Å². The maximum Gasteiger partial charge on any atom is 0.0168 e. The number of likely N-dealkylation sites (tertiary alicyclic amines) is 1. The van der Waals surface area contributed by atoms with E-state index in [1.165, 1.54) is 51.6 Å². The molecule has 2 nitrogen and oxygen atoms in total. The molecule has 16 heavy (non-hydrogen) atoms. The molecule has 1 aliphatic carbocycles. The van der Waals surface area contributed by atoms with Crippen molar-refractivity contribution >= 4 is 12.4 Å². The van der Waals surface area contributed by atoms with Gasteiger partial charge in [0.05, 0.1) is 0 Å². The van der Waals surface area contributed by atoms with Gasteiger partial charge in [-0.1, -0.05) is 19.8 Å². The Kier molecular flexibility index (Phi) is 6.09. The number of nitrogens with zero attached hydrogens (tertiary/aromatic N) is 1. The summed E-state index contributed by atoms with van der Waals surface area (Å²) in [5.41, 5.74) is 6.02. The average molecular weight is 247 g/mol. The summed E-state index contributed by atoms with van der Waals surface area (Å²) in [7, 11) is 0. The summed E-state index contributed by atoms with van der Waals surface area (Å²) in [6.07, 6.45) is 8.35. The first kappa shape index (κ1) is 14.3. The Hall–Kier alpha value is 0.210. The van der Waals surface area contributed by atoms with E-state index < -0.39 is 0 Å². The molecule has 0 aromatic heterocycles. The molecule has 2 rings (SSSR count). The molecule has 96 valence electrons. The van der Waals surface area contributed by atoms with Crippen LogP contribution in [0, 0.1) is 11.8 Å². The minimum atomic E-state index is 0. The van der Waals surface area contributed by atoms with Gasteiger partial charge in [-0.05, 0) is 44.1 Å². The lowest BCUT2D eigenvalue weighted by Crippen LogP contribution is -2.45. The largest absolute Gasteiger partial charge is 0.327 e. The summed E-state index contributed by atoms with van der Waals surface area (Å²) in [5, 5.41) is 0. The Morgan fingerprint density at radius 2 is 2.00 bits per heavy atom. The van der Waals surface area contributed by atoms with Gasteiger partial charge in [-0.25, -0.2) is 0 Å². The first-order valence-electron chi connectivity index (χ1n) is 6.72. The molecule has 0 amide bonds. The molecule has 1 heterocycles. The predicted octanol–water partition coefficient (Wildman–Crippen LogP) is 2.66. The van der Waals surface area contributed by atoms with Gasteiger partial charge < -0.3 is 10.6 Å². The average Bonchev–Trinajstić information content (AvgIpc) is 2.17. The van der Waals surface area contributed by atoms with Crippen LogP contribution in [-0.2, 0) is 0 Å². The second-order valence-corrected chi connectivity index (χ2v) is 5.80. The molecule has 0 aromatic carbocycles. The summed E-state index contributed by atoms with van der Waals surface area (Å²) >= 11 is 0. The normalized spacial score (nSPS) is 36.8. The topological polar surface area (TPSA) is 29.3 Å². The summed E-state index contributed by atoms with van der Waals surface area (Å²) < 4.78 is 0. The lowest BCUT2D eigenvalue weighted by Gasteiger charge is -2.36. The van der Waals surface area contributed by atoms with Crippen LogP contribution in [0.4, 0.5) is 0 Å². The number of hydrogen-bond acceptors (Lipinski definition) is 2. The zero-order valence-corrected chi connectivity index (χ0v) is 11.3. The highest BCUT2D eigenvalue weighted by Crippen LogP contribution is 2.29. The van der Waals surface area contributed by atoms with Crippen LogP contribution in [0.25, 0.3) is 0 Å². The van der Waals surface area contributed by atoms with Crippen molar-refractivity contribution in [2.75, 3.05) is 19.6 Å². The van der Waals surface area contributed by atoms with Crippen LogP contribution in [0.3, 0.4) is 0 Å². The second kappa shape index (κ2) is 6.83. The minimum Gasteiger partial charge on any atom is -0.327 e. The molecule has 3 heteroatoms. The lowest BCUT2D eigenvalue weighted by atomic mass is 9.82. The molecule has 3 unspecified atom stereocenters. The number of nitrogens with two attached hydrogens (primary N) is 1. The number of rotatable bonds is 2. The minimum absolute atomic E-state index is 0. The highest BCUT2D eigenvalue weighted by Gasteiger charge is 2.23. The molecule has 3 atom stereocenters. The second-order valence-electron chi connectivity index (χ2n) is 5.80. The van der Waals surface area contributed by atoms with Crippen molar-refractivity contribution < 1.29 is 0 Å². The number of halogens is 1. The Bertz CT molecular complexity index is 178. The molecule has 2 aliphatic rings. The maximum atomic E-state index is 6.02. The first-order chi connectivity index (χ1) is 7.24. The molecule has 1 saturated heterocycles. The molecule has 2 N–H and O–H groups in total. The number of hydrogen-bond donors (Lipinski definition) is 1. The van der Waals surface area contributed by atoms with Gasteiger partial charge in [0.25, 0.3) is 0 Å². The Labute approximate surface area is 106 Å². The van der Waals surface area contributed by atoms with Crippen molar-refractivity contribution in [2.45, 2.75) is 51.5 Å². The molecular formula is C13H27ClN2. The Morgan fingerprint density at radius 1 is 1.19 bits per heavy atom. The van der Waals surface area contributed by atoms with Gasteiger partial charge in [0.2, 0.25) is 0 Å². The Morgan fingerprint density at radius 3 is 2.69 bits per heavy atom. The third kappa shape index (κ3) is 4.23. The van der Waals surface area contributed by atoms with Crippen LogP contribution in [0.15, 0.2) is 0 Å². The molecule has 0 bridgehead atoms. The van der Waals surface area contributed by atoms with Gasteiger partial charge in [0.1, 0.15) is 0 Å². The van der Waals surface area contributed by atoms with E-state index in [1.54, 1.807) is 0 Å². The van der Waals surface area contributed by atoms with E-state index in [1.807, 2.05) is 0 Å². The third-order valence-corrected chi connectivity index (χ3v) is 4.10. The quantitative estimate of drug-likeness (QED) is 0.812. The molecule has 1 aliphatic heterocycles. The van der Waals surface area contributed by atoms with Gasteiger partial charge >= 0.3 is 0 Å². The molecule has 0 radical (unpaired) electrons. The fourth-order valence-electron chi connectivity index (χ4n) is 3.35. The van der Waals surface area contributed by atoms with Gasteiger partial charge in [0.15, 0.2) is 0 Å². The zero-order chi connectivity index (χ0) is 10.7. The van der Waals surface area contributed by atoms with Crippen molar-refractivity contribution in [1.29, 1.82) is 0 Å². The van der Waals surface area contributed by atoms with Crippen LogP contribution < -0.4 is 5.73 Å². The highest BCUT2D eigenvalue weighted by molar-refractivity contribution is 5.85. The standard InChI is InChI=1S/C13H26N2.ClH/c1-11-4-2-5-12(8-11)9-15-7-3-6-13(14)10-15;/h11-13H,2-10,14H2,1H3;1H. The van der Waals surface area contributed by atoms with Gasteiger partial charge in [-0.2, -0.15) is 0 Å². The van der Waals surface area contributed by atoms with E-state index in [0.717, 1.165) is 18.4 Å². The molecule has 2 fully saturated rings. The van der Waals surface area contributed by atoms with E-state index >= 15 is 0 Å². The third-order valence-electron chi connectivity index (χ3n) is 4.10.